The SMILES string of the molecule is CCOC1CN(C)C(=O)N1c1ccc(Cl)c(Cl)c1. The van der Waals surface area contributed by atoms with Gasteiger partial charge in [-0.2, -0.15) is 0 Å². The lowest BCUT2D eigenvalue weighted by atomic mass is 10.3. The molecule has 6 heteroatoms. The second kappa shape index (κ2) is 5.34. The molecule has 0 saturated carbocycles. The maximum Gasteiger partial charge on any atom is 0.326 e. The number of likely N-dealkylation sites (N-methyl/N-ethyl adjacent to an activating group) is 1. The highest BCUT2D eigenvalue weighted by Gasteiger charge is 2.36. The number of anilines is 1. The topological polar surface area (TPSA) is 32.8 Å². The van der Waals surface area contributed by atoms with Crippen molar-refractivity contribution in [3.05, 3.63) is 28.2 Å². The highest BCUT2D eigenvalue weighted by atomic mass is 35.5. The molecule has 18 heavy (non-hydrogen) atoms. The normalized spacial score (nSPS) is 19.8. The lowest BCUT2D eigenvalue weighted by Crippen LogP contribution is -2.36. The van der Waals surface area contributed by atoms with E-state index in [1.165, 1.54) is 0 Å². The molecule has 1 unspecified atom stereocenters. The van der Waals surface area contributed by atoms with Crippen molar-refractivity contribution in [2.75, 3.05) is 25.1 Å². The summed E-state index contributed by atoms with van der Waals surface area (Å²) in [4.78, 5) is 15.3. The molecule has 1 heterocycles. The fourth-order valence-corrected chi connectivity index (χ4v) is 2.22. The van der Waals surface area contributed by atoms with Gasteiger partial charge in [-0.3, -0.25) is 4.90 Å². The summed E-state index contributed by atoms with van der Waals surface area (Å²) in [5.74, 6) is 0. The first kappa shape index (κ1) is 13.5. The molecule has 0 aliphatic carbocycles. The second-order valence-electron chi connectivity index (χ2n) is 4.04. The summed E-state index contributed by atoms with van der Waals surface area (Å²) in [7, 11) is 1.74. The van der Waals surface area contributed by atoms with Crippen LogP contribution in [0.2, 0.25) is 10.0 Å². The Morgan fingerprint density at radius 3 is 2.72 bits per heavy atom. The van der Waals surface area contributed by atoms with Gasteiger partial charge in [-0.25, -0.2) is 4.79 Å². The Kier molecular flexibility index (Phi) is 4.00. The van der Waals surface area contributed by atoms with E-state index < -0.39 is 0 Å². The number of carbonyl (C=O) groups excluding carboxylic acids is 1. The Labute approximate surface area is 116 Å². The number of nitrogens with zero attached hydrogens (tertiary/aromatic N) is 2. The molecule has 0 N–H and O–H groups in total. The molecule has 1 aromatic rings. The van der Waals surface area contributed by atoms with Crippen LogP contribution >= 0.6 is 23.2 Å². The number of rotatable bonds is 3. The van der Waals surface area contributed by atoms with E-state index in [1.54, 1.807) is 35.0 Å². The minimum atomic E-state index is -0.287. The highest BCUT2D eigenvalue weighted by Crippen LogP contribution is 2.31. The van der Waals surface area contributed by atoms with Gasteiger partial charge in [0.05, 0.1) is 16.6 Å². The third-order valence-corrected chi connectivity index (χ3v) is 3.53. The Hall–Kier alpha value is -0.970. The van der Waals surface area contributed by atoms with Crippen LogP contribution in [0.25, 0.3) is 0 Å². The number of ether oxygens (including phenoxy) is 1. The largest absolute Gasteiger partial charge is 0.356 e. The summed E-state index contributed by atoms with van der Waals surface area (Å²) in [6.07, 6.45) is -0.287. The Morgan fingerprint density at radius 1 is 1.39 bits per heavy atom. The van der Waals surface area contributed by atoms with Crippen molar-refractivity contribution in [2.24, 2.45) is 0 Å². The third kappa shape index (κ3) is 2.41. The van der Waals surface area contributed by atoms with Crippen LogP contribution in [0.15, 0.2) is 18.2 Å². The molecule has 2 rings (SSSR count). The molecule has 1 aromatic carbocycles. The van der Waals surface area contributed by atoms with Gasteiger partial charge >= 0.3 is 6.03 Å². The average Bonchev–Trinajstić information content (AvgIpc) is 2.60. The van der Waals surface area contributed by atoms with Gasteiger partial charge in [-0.1, -0.05) is 23.2 Å². The van der Waals surface area contributed by atoms with Gasteiger partial charge in [0, 0.05) is 19.3 Å². The summed E-state index contributed by atoms with van der Waals surface area (Å²) in [5, 5.41) is 0.889. The molecular formula is C12H14Cl2N2O2. The van der Waals surface area contributed by atoms with Crippen LogP contribution in [0, 0.1) is 0 Å². The first-order valence-electron chi connectivity index (χ1n) is 5.65. The third-order valence-electron chi connectivity index (χ3n) is 2.79. The van der Waals surface area contributed by atoms with E-state index in [1.807, 2.05) is 6.92 Å². The Balaban J connectivity index is 2.33. The smallest absolute Gasteiger partial charge is 0.326 e. The molecule has 1 aliphatic heterocycles. The maximum atomic E-state index is 12.1. The second-order valence-corrected chi connectivity index (χ2v) is 4.86. The number of hydrogen-bond acceptors (Lipinski definition) is 2. The molecule has 1 aliphatic rings. The van der Waals surface area contributed by atoms with Crippen molar-refractivity contribution in [3.63, 3.8) is 0 Å². The summed E-state index contributed by atoms with van der Waals surface area (Å²) < 4.78 is 5.57. The van der Waals surface area contributed by atoms with Crippen LogP contribution in [-0.4, -0.2) is 37.4 Å². The molecule has 0 spiro atoms. The van der Waals surface area contributed by atoms with E-state index in [-0.39, 0.29) is 12.3 Å². The quantitative estimate of drug-likeness (QED) is 0.855. The van der Waals surface area contributed by atoms with Gasteiger partial charge in [-0.05, 0) is 25.1 Å². The monoisotopic (exact) mass is 288 g/mol. The number of urea groups is 1. The summed E-state index contributed by atoms with van der Waals surface area (Å²) in [6, 6.07) is 5.00. The zero-order chi connectivity index (χ0) is 13.3. The Morgan fingerprint density at radius 2 is 2.11 bits per heavy atom. The van der Waals surface area contributed by atoms with Crippen LogP contribution in [-0.2, 0) is 4.74 Å². The molecule has 1 atom stereocenters. The predicted molar refractivity (Wildman–Crippen MR) is 72.4 cm³/mol. The lowest BCUT2D eigenvalue weighted by molar-refractivity contribution is 0.0722. The van der Waals surface area contributed by atoms with Crippen molar-refractivity contribution >= 4 is 34.9 Å². The maximum absolute atomic E-state index is 12.1. The number of hydrogen-bond donors (Lipinski definition) is 0. The van der Waals surface area contributed by atoms with Gasteiger partial charge < -0.3 is 9.64 Å². The first-order valence-corrected chi connectivity index (χ1v) is 6.41. The predicted octanol–water partition coefficient (Wildman–Crippen LogP) is 3.23. The molecule has 1 fully saturated rings. The van der Waals surface area contributed by atoms with Gasteiger partial charge in [0.2, 0.25) is 0 Å². The van der Waals surface area contributed by atoms with Gasteiger partial charge in [0.1, 0.15) is 0 Å². The zero-order valence-electron chi connectivity index (χ0n) is 10.2. The van der Waals surface area contributed by atoms with E-state index in [0.717, 1.165) is 0 Å². The van der Waals surface area contributed by atoms with Crippen LogP contribution in [0.5, 0.6) is 0 Å². The highest BCUT2D eigenvalue weighted by molar-refractivity contribution is 6.42. The molecule has 2 amide bonds. The number of benzene rings is 1. The molecule has 1 saturated heterocycles. The molecule has 0 bridgehead atoms. The molecular weight excluding hydrogens is 275 g/mol. The van der Waals surface area contributed by atoms with Crippen molar-refractivity contribution in [2.45, 2.75) is 13.2 Å². The van der Waals surface area contributed by atoms with E-state index in [9.17, 15) is 4.79 Å². The fraction of sp³-hybridized carbons (Fsp3) is 0.417. The standard InChI is InChI=1S/C12H14Cl2N2O2/c1-3-18-11-7-15(2)12(17)16(11)8-4-5-9(13)10(14)6-8/h4-6,11H,3,7H2,1-2H3. The van der Waals surface area contributed by atoms with Crippen LogP contribution in [0.3, 0.4) is 0 Å². The minimum absolute atomic E-state index is 0.105. The van der Waals surface area contributed by atoms with Crippen molar-refractivity contribution in [1.29, 1.82) is 0 Å². The van der Waals surface area contributed by atoms with Gasteiger partial charge in [-0.15, -0.1) is 0 Å². The molecule has 4 nitrogen and oxygen atoms in total. The lowest BCUT2D eigenvalue weighted by Gasteiger charge is -2.23. The first-order chi connectivity index (χ1) is 8.54. The van der Waals surface area contributed by atoms with Crippen molar-refractivity contribution in [1.82, 2.24) is 4.90 Å². The van der Waals surface area contributed by atoms with Gasteiger partial charge in [0.25, 0.3) is 0 Å². The number of amides is 2. The van der Waals surface area contributed by atoms with E-state index in [4.69, 9.17) is 27.9 Å². The molecule has 0 radical (unpaired) electrons. The Bertz CT molecular complexity index is 467. The zero-order valence-corrected chi connectivity index (χ0v) is 11.7. The number of halogens is 2. The van der Waals surface area contributed by atoms with E-state index >= 15 is 0 Å². The van der Waals surface area contributed by atoms with Crippen molar-refractivity contribution < 1.29 is 9.53 Å². The number of carbonyl (C=O) groups is 1. The average molecular weight is 289 g/mol. The van der Waals surface area contributed by atoms with Gasteiger partial charge in [0.15, 0.2) is 6.23 Å². The fourth-order valence-electron chi connectivity index (χ4n) is 1.93. The molecule has 0 aromatic heterocycles. The van der Waals surface area contributed by atoms with Crippen LogP contribution in [0.1, 0.15) is 6.92 Å². The summed E-state index contributed by atoms with van der Waals surface area (Å²) >= 11 is 11.8. The van der Waals surface area contributed by atoms with Crippen LogP contribution < -0.4 is 4.90 Å². The van der Waals surface area contributed by atoms with Crippen molar-refractivity contribution in [3.8, 4) is 0 Å². The summed E-state index contributed by atoms with van der Waals surface area (Å²) in [5.41, 5.74) is 0.692. The minimum Gasteiger partial charge on any atom is -0.356 e. The molecule has 98 valence electrons. The van der Waals surface area contributed by atoms with E-state index in [0.29, 0.717) is 28.9 Å². The summed E-state index contributed by atoms with van der Waals surface area (Å²) in [6.45, 7) is 2.98. The van der Waals surface area contributed by atoms with Crippen LogP contribution in [0.4, 0.5) is 10.5 Å². The van der Waals surface area contributed by atoms with E-state index in [2.05, 4.69) is 0 Å².